The predicted molar refractivity (Wildman–Crippen MR) is 97.0 cm³/mol. The van der Waals surface area contributed by atoms with Crippen molar-refractivity contribution in [3.8, 4) is 5.75 Å². The number of esters is 1. The number of carbonyl (C=O) groups excluding carboxylic acids is 1. The number of nitrogens with two attached hydrogens (primary N) is 1. The van der Waals surface area contributed by atoms with Crippen LogP contribution in [0.15, 0.2) is 36.7 Å². The Balaban J connectivity index is 1.47. The number of nitrogens with zero attached hydrogens (tertiary/aromatic N) is 5. The molecule has 3 aromatic rings. The Morgan fingerprint density at radius 2 is 2.07 bits per heavy atom. The summed E-state index contributed by atoms with van der Waals surface area (Å²) in [4.78, 5) is 20.0. The third kappa shape index (κ3) is 5.38. The molecule has 0 atom stereocenters. The van der Waals surface area contributed by atoms with Gasteiger partial charge in [0.15, 0.2) is 6.61 Å². The van der Waals surface area contributed by atoms with Gasteiger partial charge in [-0.25, -0.2) is 19.4 Å². The zero-order valence-corrected chi connectivity index (χ0v) is 15.3. The molecular weight excluding hydrogens is 372 g/mol. The Bertz CT molecular complexity index is 929. The number of aryl methyl sites for hydroxylation is 1. The SMILES string of the molecule is Cc1ncc(Cn2cc(COC(=O)COc3ccc(Cl)cc3)nn2)c(N)n1. The number of nitrogen functional groups attached to an aromatic ring is 1. The first-order valence-electron chi connectivity index (χ1n) is 8.00. The summed E-state index contributed by atoms with van der Waals surface area (Å²) in [7, 11) is 0. The minimum absolute atomic E-state index is 0.0112. The second-order valence-corrected chi connectivity index (χ2v) is 6.07. The zero-order valence-electron chi connectivity index (χ0n) is 14.5. The van der Waals surface area contributed by atoms with E-state index in [1.807, 2.05) is 0 Å². The molecule has 0 spiro atoms. The molecule has 10 heteroatoms. The van der Waals surface area contributed by atoms with E-state index < -0.39 is 5.97 Å². The fraction of sp³-hybridized carbons (Fsp3) is 0.235. The lowest BCUT2D eigenvalue weighted by Gasteiger charge is -2.06. The molecule has 0 aliphatic carbocycles. The Kier molecular flexibility index (Phi) is 5.82. The number of hydrogen-bond acceptors (Lipinski definition) is 8. The fourth-order valence-corrected chi connectivity index (χ4v) is 2.29. The summed E-state index contributed by atoms with van der Waals surface area (Å²) < 4.78 is 12.0. The highest BCUT2D eigenvalue weighted by Gasteiger charge is 2.09. The van der Waals surface area contributed by atoms with Gasteiger partial charge < -0.3 is 15.2 Å². The van der Waals surface area contributed by atoms with E-state index >= 15 is 0 Å². The summed E-state index contributed by atoms with van der Waals surface area (Å²) in [6.45, 7) is 1.90. The number of anilines is 1. The number of ether oxygens (including phenoxy) is 2. The summed E-state index contributed by atoms with van der Waals surface area (Å²) in [5, 5.41) is 8.52. The van der Waals surface area contributed by atoms with Gasteiger partial charge in [-0.15, -0.1) is 5.10 Å². The van der Waals surface area contributed by atoms with Crippen LogP contribution in [-0.4, -0.2) is 37.5 Å². The summed E-state index contributed by atoms with van der Waals surface area (Å²) >= 11 is 5.78. The van der Waals surface area contributed by atoms with E-state index in [0.29, 0.717) is 34.7 Å². The van der Waals surface area contributed by atoms with Crippen molar-refractivity contribution >= 4 is 23.4 Å². The minimum Gasteiger partial charge on any atom is -0.482 e. The topological polar surface area (TPSA) is 118 Å². The molecule has 2 aromatic heterocycles. The van der Waals surface area contributed by atoms with Crippen molar-refractivity contribution in [1.29, 1.82) is 0 Å². The summed E-state index contributed by atoms with van der Waals surface area (Å²) in [6, 6.07) is 6.68. The molecule has 2 heterocycles. The lowest BCUT2D eigenvalue weighted by Crippen LogP contribution is -2.14. The lowest BCUT2D eigenvalue weighted by atomic mass is 10.3. The quantitative estimate of drug-likeness (QED) is 0.608. The van der Waals surface area contributed by atoms with Crippen LogP contribution in [0.25, 0.3) is 0 Å². The molecule has 0 radical (unpaired) electrons. The molecule has 0 aliphatic rings. The second-order valence-electron chi connectivity index (χ2n) is 5.64. The number of rotatable bonds is 7. The molecule has 1 aromatic carbocycles. The van der Waals surface area contributed by atoms with Crippen molar-refractivity contribution < 1.29 is 14.3 Å². The third-order valence-electron chi connectivity index (χ3n) is 3.49. The molecule has 0 fully saturated rings. The van der Waals surface area contributed by atoms with Crippen molar-refractivity contribution in [2.24, 2.45) is 0 Å². The van der Waals surface area contributed by atoms with Crippen LogP contribution < -0.4 is 10.5 Å². The monoisotopic (exact) mass is 388 g/mol. The molecule has 0 saturated heterocycles. The van der Waals surface area contributed by atoms with Crippen molar-refractivity contribution in [2.75, 3.05) is 12.3 Å². The van der Waals surface area contributed by atoms with Crippen LogP contribution in [-0.2, 0) is 22.7 Å². The van der Waals surface area contributed by atoms with Gasteiger partial charge in [0.1, 0.15) is 29.7 Å². The normalized spacial score (nSPS) is 10.6. The van der Waals surface area contributed by atoms with Gasteiger partial charge in [0.25, 0.3) is 0 Å². The van der Waals surface area contributed by atoms with Crippen molar-refractivity contribution in [2.45, 2.75) is 20.1 Å². The van der Waals surface area contributed by atoms with Gasteiger partial charge in [0, 0.05) is 16.8 Å². The highest BCUT2D eigenvalue weighted by molar-refractivity contribution is 6.30. The lowest BCUT2D eigenvalue weighted by molar-refractivity contribution is -0.147. The molecule has 140 valence electrons. The van der Waals surface area contributed by atoms with E-state index in [4.69, 9.17) is 26.8 Å². The van der Waals surface area contributed by atoms with E-state index in [0.717, 1.165) is 5.56 Å². The Labute approximate surface area is 160 Å². The van der Waals surface area contributed by atoms with Gasteiger partial charge in [-0.2, -0.15) is 0 Å². The largest absolute Gasteiger partial charge is 0.482 e. The summed E-state index contributed by atoms with van der Waals surface area (Å²) in [5.41, 5.74) is 7.09. The summed E-state index contributed by atoms with van der Waals surface area (Å²) in [5.74, 6) is 1.00. The van der Waals surface area contributed by atoms with Crippen LogP contribution >= 0.6 is 11.6 Å². The van der Waals surface area contributed by atoms with Crippen LogP contribution in [0.5, 0.6) is 5.75 Å². The molecule has 0 unspecified atom stereocenters. The molecule has 27 heavy (non-hydrogen) atoms. The fourth-order valence-electron chi connectivity index (χ4n) is 2.16. The molecule has 3 rings (SSSR count). The van der Waals surface area contributed by atoms with Crippen LogP contribution in [0.2, 0.25) is 5.02 Å². The van der Waals surface area contributed by atoms with Gasteiger partial charge in [0.2, 0.25) is 0 Å². The summed E-state index contributed by atoms with van der Waals surface area (Å²) in [6.07, 6.45) is 3.31. The zero-order chi connectivity index (χ0) is 19.2. The maximum absolute atomic E-state index is 11.8. The van der Waals surface area contributed by atoms with Crippen LogP contribution in [0.4, 0.5) is 5.82 Å². The first kappa shape index (κ1) is 18.6. The standard InChI is InChI=1S/C17H17ClN6O3/c1-11-20-6-12(17(19)21-11)7-24-8-14(22-23-24)9-27-16(25)10-26-15-4-2-13(18)3-5-15/h2-6,8H,7,9-10H2,1H3,(H2,19,20,21). The maximum Gasteiger partial charge on any atom is 0.344 e. The number of hydrogen-bond donors (Lipinski definition) is 1. The van der Waals surface area contributed by atoms with Crippen molar-refractivity contribution in [3.05, 3.63) is 58.8 Å². The molecule has 0 aliphatic heterocycles. The van der Waals surface area contributed by atoms with E-state index in [1.165, 1.54) is 0 Å². The van der Waals surface area contributed by atoms with Gasteiger partial charge in [0.05, 0.1) is 12.7 Å². The van der Waals surface area contributed by atoms with Gasteiger partial charge in [-0.05, 0) is 31.2 Å². The molecule has 9 nitrogen and oxygen atoms in total. The van der Waals surface area contributed by atoms with E-state index in [2.05, 4.69) is 20.3 Å². The average Bonchev–Trinajstić information content (AvgIpc) is 3.09. The van der Waals surface area contributed by atoms with Crippen molar-refractivity contribution in [3.63, 3.8) is 0 Å². The molecule has 0 bridgehead atoms. The molecular formula is C17H17ClN6O3. The Morgan fingerprint density at radius 1 is 1.30 bits per heavy atom. The van der Waals surface area contributed by atoms with Gasteiger partial charge in [-0.3, -0.25) is 0 Å². The number of carbonyl (C=O) groups is 1. The van der Waals surface area contributed by atoms with Crippen LogP contribution in [0.3, 0.4) is 0 Å². The third-order valence-corrected chi connectivity index (χ3v) is 3.74. The highest BCUT2D eigenvalue weighted by atomic mass is 35.5. The number of aromatic nitrogens is 5. The maximum atomic E-state index is 11.8. The first-order valence-corrected chi connectivity index (χ1v) is 8.38. The average molecular weight is 389 g/mol. The van der Waals surface area contributed by atoms with E-state index in [-0.39, 0.29) is 13.2 Å². The van der Waals surface area contributed by atoms with Gasteiger partial charge >= 0.3 is 5.97 Å². The van der Waals surface area contributed by atoms with E-state index in [1.54, 1.807) is 48.3 Å². The van der Waals surface area contributed by atoms with Gasteiger partial charge in [-0.1, -0.05) is 16.8 Å². The molecule has 2 N–H and O–H groups in total. The molecule has 0 saturated carbocycles. The van der Waals surface area contributed by atoms with E-state index in [9.17, 15) is 4.79 Å². The predicted octanol–water partition coefficient (Wildman–Crippen LogP) is 1.78. The molecule has 0 amide bonds. The minimum atomic E-state index is -0.518. The second kappa shape index (κ2) is 8.45. The number of halogens is 1. The Morgan fingerprint density at radius 3 is 2.81 bits per heavy atom. The number of benzene rings is 1. The highest BCUT2D eigenvalue weighted by Crippen LogP contribution is 2.15. The smallest absolute Gasteiger partial charge is 0.344 e. The van der Waals surface area contributed by atoms with Crippen LogP contribution in [0.1, 0.15) is 17.1 Å². The van der Waals surface area contributed by atoms with Crippen molar-refractivity contribution in [1.82, 2.24) is 25.0 Å². The van der Waals surface area contributed by atoms with Crippen LogP contribution in [0, 0.1) is 6.92 Å². The Hall–Kier alpha value is -3.20. The first-order chi connectivity index (χ1) is 13.0.